The van der Waals surface area contributed by atoms with E-state index in [1.165, 1.54) is 24.3 Å². The highest BCUT2D eigenvalue weighted by molar-refractivity contribution is 5.83. The fourth-order valence-electron chi connectivity index (χ4n) is 3.24. The molecule has 4 rings (SSSR count). The number of nitrogen functional groups attached to an aromatic ring is 1. The van der Waals surface area contributed by atoms with Crippen molar-refractivity contribution in [1.29, 1.82) is 0 Å². The maximum Gasteiger partial charge on any atom is 0.251 e. The number of imidazole rings is 1. The van der Waals surface area contributed by atoms with Crippen LogP contribution in [0, 0.1) is 0 Å². The summed E-state index contributed by atoms with van der Waals surface area (Å²) in [6.45, 7) is 0.499. The first-order valence-corrected chi connectivity index (χ1v) is 8.98. The number of nitrogens with one attached hydrogen (secondary N) is 2. The van der Waals surface area contributed by atoms with E-state index in [1.807, 2.05) is 24.3 Å². The van der Waals surface area contributed by atoms with Gasteiger partial charge in [0, 0.05) is 19.3 Å². The van der Waals surface area contributed by atoms with E-state index < -0.39 is 30.4 Å². The monoisotopic (exact) mass is 399 g/mol. The van der Waals surface area contributed by atoms with Gasteiger partial charge >= 0.3 is 0 Å². The van der Waals surface area contributed by atoms with Crippen LogP contribution in [-0.4, -0.2) is 61.0 Å². The van der Waals surface area contributed by atoms with E-state index in [1.54, 1.807) is 0 Å². The van der Waals surface area contributed by atoms with Gasteiger partial charge in [-0.1, -0.05) is 12.1 Å². The van der Waals surface area contributed by atoms with Crippen molar-refractivity contribution in [2.75, 3.05) is 18.1 Å². The Morgan fingerprint density at radius 1 is 1.21 bits per heavy atom. The first-order valence-electron chi connectivity index (χ1n) is 8.98. The molecule has 1 aromatic carbocycles. The van der Waals surface area contributed by atoms with E-state index in [2.05, 4.69) is 25.6 Å². The van der Waals surface area contributed by atoms with E-state index >= 15 is 0 Å². The Labute approximate surface area is 165 Å². The smallest absolute Gasteiger partial charge is 0.251 e. The average Bonchev–Trinajstić information content (AvgIpc) is 3.29. The molecule has 1 aliphatic heterocycles. The highest BCUT2D eigenvalue weighted by Crippen LogP contribution is 2.32. The minimum absolute atomic E-state index is 0.397. The highest BCUT2D eigenvalue weighted by Gasteiger charge is 2.47. The lowest BCUT2D eigenvalue weighted by Crippen LogP contribution is -2.41. The zero-order valence-electron chi connectivity index (χ0n) is 15.6. The number of fused-ring (bicyclic) bond motifs is 1. The van der Waals surface area contributed by atoms with Crippen LogP contribution in [-0.2, 0) is 16.1 Å². The average molecular weight is 399 g/mol. The maximum absolute atomic E-state index is 11.9. The van der Waals surface area contributed by atoms with Gasteiger partial charge in [0.15, 0.2) is 29.3 Å². The zero-order valence-corrected chi connectivity index (χ0v) is 15.6. The number of ether oxygens (including phenoxy) is 1. The molecule has 0 unspecified atom stereocenters. The van der Waals surface area contributed by atoms with Gasteiger partial charge in [0.1, 0.15) is 18.5 Å². The summed E-state index contributed by atoms with van der Waals surface area (Å²) < 4.78 is 7.06. The Morgan fingerprint density at radius 3 is 2.69 bits per heavy atom. The van der Waals surface area contributed by atoms with E-state index in [-0.39, 0.29) is 0 Å². The van der Waals surface area contributed by atoms with Crippen LogP contribution >= 0.6 is 0 Å². The Hall–Kier alpha value is -3.28. The molecule has 3 heterocycles. The van der Waals surface area contributed by atoms with Crippen LogP contribution in [0.1, 0.15) is 11.8 Å². The molecule has 152 valence electrons. The Morgan fingerprint density at radius 2 is 1.97 bits per heavy atom. The van der Waals surface area contributed by atoms with Gasteiger partial charge in [0.25, 0.3) is 5.91 Å². The third kappa shape index (κ3) is 3.46. The number of nitrogens with two attached hydrogens (primary N) is 1. The summed E-state index contributed by atoms with van der Waals surface area (Å²) in [5.74, 6) is -0.0228. The van der Waals surface area contributed by atoms with E-state index in [0.29, 0.717) is 29.2 Å². The second kappa shape index (κ2) is 7.62. The van der Waals surface area contributed by atoms with Gasteiger partial charge in [-0.25, -0.2) is 15.0 Å². The largest absolute Gasteiger partial charge is 0.399 e. The number of nitrogens with zero attached hydrogens (tertiary/aromatic N) is 4. The number of rotatable bonds is 5. The first kappa shape index (κ1) is 19.1. The fraction of sp³-hybridized carbons (Fsp3) is 0.333. The van der Waals surface area contributed by atoms with Gasteiger partial charge in [0.2, 0.25) is 0 Å². The van der Waals surface area contributed by atoms with Crippen molar-refractivity contribution in [2.24, 2.45) is 0 Å². The number of amides is 1. The standard InChI is InChI=1S/C18H21N7O4/c1-20-17(28)14-12(26)13(27)18(29-14)25-8-24-11-15(22-7-23-16(11)25)21-6-9-2-4-10(19)5-3-9/h2-5,7-8,12-14,18,26-27H,6,19H2,1H3,(H,20,28)(H,21,22,23)/t12-,13+,14-,18+/m1/s1. The summed E-state index contributed by atoms with van der Waals surface area (Å²) >= 11 is 0. The number of aliphatic hydroxyl groups is 2. The normalized spacial score (nSPS) is 24.0. The molecule has 0 aliphatic carbocycles. The number of aromatic nitrogens is 4. The number of carbonyl (C=O) groups is 1. The van der Waals surface area contributed by atoms with Crippen LogP contribution in [0.2, 0.25) is 0 Å². The Balaban J connectivity index is 1.59. The second-order valence-corrected chi connectivity index (χ2v) is 6.68. The van der Waals surface area contributed by atoms with E-state index in [0.717, 1.165) is 5.56 Å². The lowest BCUT2D eigenvalue weighted by atomic mass is 10.1. The molecule has 0 saturated carbocycles. The van der Waals surface area contributed by atoms with Gasteiger partial charge < -0.3 is 31.3 Å². The van der Waals surface area contributed by atoms with Crippen molar-refractivity contribution in [2.45, 2.75) is 31.1 Å². The molecule has 0 bridgehead atoms. The lowest BCUT2D eigenvalue weighted by Gasteiger charge is -2.16. The molecule has 29 heavy (non-hydrogen) atoms. The number of likely N-dealkylation sites (N-methyl/N-ethyl adjacent to an activating group) is 1. The number of hydrogen-bond acceptors (Lipinski definition) is 9. The summed E-state index contributed by atoms with van der Waals surface area (Å²) in [4.78, 5) is 24.6. The van der Waals surface area contributed by atoms with Gasteiger partial charge in [-0.05, 0) is 17.7 Å². The van der Waals surface area contributed by atoms with Crippen molar-refractivity contribution >= 4 is 28.6 Å². The zero-order chi connectivity index (χ0) is 20.5. The first-order chi connectivity index (χ1) is 14.0. The van der Waals surface area contributed by atoms with Gasteiger partial charge in [-0.3, -0.25) is 9.36 Å². The molecule has 0 radical (unpaired) electrons. The van der Waals surface area contributed by atoms with Crippen LogP contribution < -0.4 is 16.4 Å². The molecule has 2 aromatic heterocycles. The third-order valence-corrected chi connectivity index (χ3v) is 4.82. The number of anilines is 2. The summed E-state index contributed by atoms with van der Waals surface area (Å²) in [5.41, 5.74) is 8.26. The van der Waals surface area contributed by atoms with Gasteiger partial charge in [-0.15, -0.1) is 0 Å². The minimum Gasteiger partial charge on any atom is -0.399 e. The molecule has 11 heteroatoms. The van der Waals surface area contributed by atoms with Crippen molar-refractivity contribution in [1.82, 2.24) is 24.8 Å². The molecule has 1 amide bonds. The summed E-state index contributed by atoms with van der Waals surface area (Å²) in [6, 6.07) is 7.44. The Bertz CT molecular complexity index is 1020. The highest BCUT2D eigenvalue weighted by atomic mass is 16.6. The Kier molecular flexibility index (Phi) is 5.01. The van der Waals surface area contributed by atoms with Gasteiger partial charge in [-0.2, -0.15) is 0 Å². The molecule has 3 aromatic rings. The molecule has 1 fully saturated rings. The summed E-state index contributed by atoms with van der Waals surface area (Å²) in [6.07, 6.45) is -2.11. The van der Waals surface area contributed by atoms with Crippen molar-refractivity contribution in [3.8, 4) is 0 Å². The van der Waals surface area contributed by atoms with Crippen LogP contribution in [0.3, 0.4) is 0 Å². The van der Waals surface area contributed by atoms with Crippen LogP contribution in [0.5, 0.6) is 0 Å². The molecular formula is C18H21N7O4. The molecule has 1 aliphatic rings. The van der Waals surface area contributed by atoms with Crippen molar-refractivity contribution < 1.29 is 19.7 Å². The van der Waals surface area contributed by atoms with Crippen molar-refractivity contribution in [3.05, 3.63) is 42.5 Å². The number of aliphatic hydroxyl groups excluding tert-OH is 2. The number of hydrogen-bond donors (Lipinski definition) is 5. The molecule has 6 N–H and O–H groups in total. The number of carbonyl (C=O) groups excluding carboxylic acids is 1. The predicted octanol–water partition coefficient (Wildman–Crippen LogP) is -0.614. The number of benzene rings is 1. The minimum atomic E-state index is -1.37. The fourth-order valence-corrected chi connectivity index (χ4v) is 3.24. The molecular weight excluding hydrogens is 378 g/mol. The second-order valence-electron chi connectivity index (χ2n) is 6.68. The summed E-state index contributed by atoms with van der Waals surface area (Å²) in [5, 5.41) is 26.1. The molecule has 1 saturated heterocycles. The van der Waals surface area contributed by atoms with Crippen LogP contribution in [0.4, 0.5) is 11.5 Å². The SMILES string of the molecule is CNC(=O)[C@@H]1O[C@H](n2cnc3c(NCc4ccc(N)cc4)ncnc32)[C@@H](O)[C@H]1O. The van der Waals surface area contributed by atoms with Crippen molar-refractivity contribution in [3.63, 3.8) is 0 Å². The molecule has 4 atom stereocenters. The van der Waals surface area contributed by atoms with E-state index in [4.69, 9.17) is 10.5 Å². The van der Waals surface area contributed by atoms with E-state index in [9.17, 15) is 15.0 Å². The summed E-state index contributed by atoms with van der Waals surface area (Å²) in [7, 11) is 1.43. The van der Waals surface area contributed by atoms with Crippen LogP contribution in [0.25, 0.3) is 11.2 Å². The predicted molar refractivity (Wildman–Crippen MR) is 103 cm³/mol. The molecule has 0 spiro atoms. The quantitative estimate of drug-likeness (QED) is 0.352. The lowest BCUT2D eigenvalue weighted by molar-refractivity contribution is -0.137. The van der Waals surface area contributed by atoms with Crippen LogP contribution in [0.15, 0.2) is 36.9 Å². The topological polar surface area (TPSA) is 160 Å². The molecule has 11 nitrogen and oxygen atoms in total. The van der Waals surface area contributed by atoms with Gasteiger partial charge in [0.05, 0.1) is 6.33 Å². The third-order valence-electron chi connectivity index (χ3n) is 4.82. The maximum atomic E-state index is 11.9.